The molecule has 2 unspecified atom stereocenters. The summed E-state index contributed by atoms with van der Waals surface area (Å²) >= 11 is 0. The smallest absolute Gasteiger partial charge is 0.259 e. The molecule has 1 fully saturated rings. The van der Waals surface area contributed by atoms with Gasteiger partial charge in [0.1, 0.15) is 5.56 Å². The highest BCUT2D eigenvalue weighted by Gasteiger charge is 2.31. The zero-order valence-electron chi connectivity index (χ0n) is 10.9. The number of aryl methyl sites for hydroxylation is 1. The van der Waals surface area contributed by atoms with Crippen LogP contribution in [0.1, 0.15) is 29.4 Å². The third-order valence-corrected chi connectivity index (χ3v) is 3.44. The van der Waals surface area contributed by atoms with E-state index >= 15 is 0 Å². The van der Waals surface area contributed by atoms with Crippen LogP contribution in [0.3, 0.4) is 0 Å². The lowest BCUT2D eigenvalue weighted by molar-refractivity contribution is 0.0573. The van der Waals surface area contributed by atoms with Crippen molar-refractivity contribution < 1.29 is 9.53 Å². The fraction of sp³-hybridized carbons (Fsp3) is 0.538. The molecule has 5 nitrogen and oxygen atoms in total. The van der Waals surface area contributed by atoms with Crippen LogP contribution >= 0.6 is 0 Å². The van der Waals surface area contributed by atoms with Gasteiger partial charge in [0.25, 0.3) is 5.91 Å². The molecule has 0 aromatic carbocycles. The molecular weight excluding hydrogens is 232 g/mol. The third kappa shape index (κ3) is 2.31. The summed E-state index contributed by atoms with van der Waals surface area (Å²) in [5, 5.41) is 0. The van der Waals surface area contributed by atoms with Gasteiger partial charge in [0.15, 0.2) is 5.43 Å². The number of carbonyl (C=O) groups is 1. The van der Waals surface area contributed by atoms with Gasteiger partial charge < -0.3 is 14.6 Å². The molecule has 1 amide bonds. The van der Waals surface area contributed by atoms with Crippen LogP contribution in [0.2, 0.25) is 0 Å². The highest BCUT2D eigenvalue weighted by Crippen LogP contribution is 2.19. The minimum atomic E-state index is -0.251. The van der Waals surface area contributed by atoms with Gasteiger partial charge in [-0.1, -0.05) is 0 Å². The maximum absolute atomic E-state index is 12.3. The largest absolute Gasteiger partial charge is 0.376 e. The molecule has 2 atom stereocenters. The summed E-state index contributed by atoms with van der Waals surface area (Å²) in [6.45, 7) is 4.39. The fourth-order valence-corrected chi connectivity index (χ4v) is 2.31. The number of carbonyl (C=O) groups excluding carboxylic acids is 1. The van der Waals surface area contributed by atoms with Crippen LogP contribution in [0.25, 0.3) is 0 Å². The van der Waals surface area contributed by atoms with Gasteiger partial charge in [0.2, 0.25) is 0 Å². The quantitative estimate of drug-likeness (QED) is 0.849. The number of H-pyrrole nitrogens is 1. The summed E-state index contributed by atoms with van der Waals surface area (Å²) in [6.07, 6.45) is 2.31. The van der Waals surface area contributed by atoms with Crippen molar-refractivity contribution in [1.82, 2.24) is 9.88 Å². The van der Waals surface area contributed by atoms with Crippen molar-refractivity contribution in [2.24, 2.45) is 0 Å². The molecule has 0 bridgehead atoms. The first-order chi connectivity index (χ1) is 8.50. The van der Waals surface area contributed by atoms with E-state index in [-0.39, 0.29) is 29.0 Å². The Morgan fingerprint density at radius 3 is 2.83 bits per heavy atom. The van der Waals surface area contributed by atoms with E-state index in [1.165, 1.54) is 12.3 Å². The predicted octanol–water partition coefficient (Wildman–Crippen LogP) is 0.933. The van der Waals surface area contributed by atoms with E-state index in [2.05, 4.69) is 4.98 Å². The first-order valence-corrected chi connectivity index (χ1v) is 6.09. The number of ether oxygens (including phenoxy) is 1. The van der Waals surface area contributed by atoms with Crippen LogP contribution in [-0.2, 0) is 4.74 Å². The number of nitrogens with zero attached hydrogens (tertiary/aromatic N) is 1. The molecule has 0 aliphatic carbocycles. The summed E-state index contributed by atoms with van der Waals surface area (Å²) in [5.41, 5.74) is 0.689. The van der Waals surface area contributed by atoms with Gasteiger partial charge in [0.05, 0.1) is 12.1 Å². The molecule has 5 heteroatoms. The maximum Gasteiger partial charge on any atom is 0.259 e. The van der Waals surface area contributed by atoms with E-state index in [1.54, 1.807) is 18.9 Å². The second-order valence-electron chi connectivity index (χ2n) is 4.74. The Bertz CT molecular complexity index is 509. The molecule has 0 spiro atoms. The number of rotatable bonds is 2. The van der Waals surface area contributed by atoms with E-state index < -0.39 is 0 Å². The molecule has 0 saturated carbocycles. The van der Waals surface area contributed by atoms with Crippen LogP contribution in [0.4, 0.5) is 0 Å². The lowest BCUT2D eigenvalue weighted by atomic mass is 10.1. The second-order valence-corrected chi connectivity index (χ2v) is 4.74. The number of nitrogens with one attached hydrogen (secondary N) is 1. The minimum Gasteiger partial charge on any atom is -0.376 e. The van der Waals surface area contributed by atoms with Crippen LogP contribution in [-0.4, -0.2) is 41.6 Å². The molecule has 1 saturated heterocycles. The Kier molecular flexibility index (Phi) is 3.52. The third-order valence-electron chi connectivity index (χ3n) is 3.44. The highest BCUT2D eigenvalue weighted by molar-refractivity contribution is 5.93. The molecule has 1 aliphatic rings. The molecule has 1 N–H and O–H groups in total. The van der Waals surface area contributed by atoms with Gasteiger partial charge in [-0.2, -0.15) is 0 Å². The van der Waals surface area contributed by atoms with Crippen molar-refractivity contribution >= 4 is 5.91 Å². The van der Waals surface area contributed by atoms with Crippen molar-refractivity contribution in [2.75, 3.05) is 13.7 Å². The van der Waals surface area contributed by atoms with Gasteiger partial charge >= 0.3 is 0 Å². The molecule has 0 radical (unpaired) electrons. The molecule has 1 aromatic rings. The maximum atomic E-state index is 12.3. The summed E-state index contributed by atoms with van der Waals surface area (Å²) < 4.78 is 5.44. The van der Waals surface area contributed by atoms with E-state index in [4.69, 9.17) is 4.74 Å². The molecular formula is C13H18N2O3. The van der Waals surface area contributed by atoms with E-state index in [9.17, 15) is 9.59 Å². The van der Waals surface area contributed by atoms with Crippen molar-refractivity contribution in [1.29, 1.82) is 0 Å². The standard InChI is InChI=1S/C13H18N2O3/c1-8-6-12(16)10(7-14-8)13(17)15(3)11-4-5-18-9(11)2/h6-7,9,11H,4-5H2,1-3H3,(H,14,16). The number of aromatic amines is 1. The minimum absolute atomic E-state index is 0.0171. The Balaban J connectivity index is 2.23. The Morgan fingerprint density at radius 1 is 1.56 bits per heavy atom. The van der Waals surface area contributed by atoms with Crippen LogP contribution in [0, 0.1) is 6.92 Å². The van der Waals surface area contributed by atoms with Crippen LogP contribution < -0.4 is 5.43 Å². The van der Waals surface area contributed by atoms with Gasteiger partial charge in [-0.25, -0.2) is 0 Å². The lowest BCUT2D eigenvalue weighted by Crippen LogP contribution is -2.42. The fourth-order valence-electron chi connectivity index (χ4n) is 2.31. The molecule has 1 aromatic heterocycles. The zero-order chi connectivity index (χ0) is 13.3. The summed E-state index contributed by atoms with van der Waals surface area (Å²) in [4.78, 5) is 28.6. The monoisotopic (exact) mass is 250 g/mol. The average Bonchev–Trinajstić information content (AvgIpc) is 2.74. The van der Waals surface area contributed by atoms with Gasteiger partial charge in [-0.05, 0) is 20.3 Å². The van der Waals surface area contributed by atoms with Gasteiger partial charge in [-0.3, -0.25) is 9.59 Å². The number of hydrogen-bond acceptors (Lipinski definition) is 3. The van der Waals surface area contributed by atoms with Crippen molar-refractivity contribution in [3.8, 4) is 0 Å². The van der Waals surface area contributed by atoms with Crippen molar-refractivity contribution in [3.05, 3.63) is 33.7 Å². The van der Waals surface area contributed by atoms with Crippen LogP contribution in [0.15, 0.2) is 17.1 Å². The lowest BCUT2D eigenvalue weighted by Gasteiger charge is -2.26. The van der Waals surface area contributed by atoms with Gasteiger partial charge in [0, 0.05) is 31.6 Å². The van der Waals surface area contributed by atoms with E-state index in [0.717, 1.165) is 12.1 Å². The Labute approximate surface area is 106 Å². The molecule has 18 heavy (non-hydrogen) atoms. The topological polar surface area (TPSA) is 62.4 Å². The number of hydrogen-bond donors (Lipinski definition) is 1. The number of pyridine rings is 1. The number of likely N-dealkylation sites (N-methyl/N-ethyl adjacent to an activating group) is 1. The summed E-state index contributed by atoms with van der Waals surface area (Å²) in [5.74, 6) is -0.251. The SMILES string of the molecule is Cc1cc(=O)c(C(=O)N(C)C2CCOC2C)c[nH]1. The average molecular weight is 250 g/mol. The highest BCUT2D eigenvalue weighted by atomic mass is 16.5. The Morgan fingerprint density at radius 2 is 2.28 bits per heavy atom. The van der Waals surface area contributed by atoms with E-state index in [1.807, 2.05) is 6.92 Å². The van der Waals surface area contributed by atoms with E-state index in [0.29, 0.717) is 6.61 Å². The Hall–Kier alpha value is -1.62. The zero-order valence-corrected chi connectivity index (χ0v) is 10.9. The van der Waals surface area contributed by atoms with Crippen molar-refractivity contribution in [3.63, 3.8) is 0 Å². The molecule has 98 valence electrons. The summed E-state index contributed by atoms with van der Waals surface area (Å²) in [7, 11) is 1.72. The van der Waals surface area contributed by atoms with Crippen LogP contribution in [0.5, 0.6) is 0 Å². The first kappa shape index (κ1) is 12.8. The normalized spacial score (nSPS) is 23.1. The number of amides is 1. The van der Waals surface area contributed by atoms with Crippen molar-refractivity contribution in [2.45, 2.75) is 32.4 Å². The number of aromatic nitrogens is 1. The molecule has 2 heterocycles. The molecule has 2 rings (SSSR count). The summed E-state index contributed by atoms with van der Waals surface area (Å²) in [6, 6.07) is 1.48. The first-order valence-electron chi connectivity index (χ1n) is 6.09. The predicted molar refractivity (Wildman–Crippen MR) is 67.7 cm³/mol. The molecule has 1 aliphatic heterocycles. The second kappa shape index (κ2) is 4.94. The van der Waals surface area contributed by atoms with Gasteiger partial charge in [-0.15, -0.1) is 0 Å².